The zero-order valence-electron chi connectivity index (χ0n) is 59.4. The molecule has 0 saturated carbocycles. The molecule has 0 fully saturated rings. The predicted molar refractivity (Wildman–Crippen MR) is 459 cm³/mol. The van der Waals surface area contributed by atoms with E-state index in [1.807, 2.05) is 0 Å². The molecule has 2 atom stereocenters. The van der Waals surface area contributed by atoms with Crippen molar-refractivity contribution in [2.75, 3.05) is 4.90 Å². The van der Waals surface area contributed by atoms with E-state index in [4.69, 9.17) is 9.98 Å². The largest absolute Gasteiger partial charge is 0.317 e. The monoisotopic (exact) mass is 1390 g/mol. The fraction of sp³-hybridized carbons (Fsp3) is 0.0192. The lowest BCUT2D eigenvalue weighted by atomic mass is 9.74. The minimum absolute atomic E-state index is 0.0184. The second-order valence-electron chi connectivity index (χ2n) is 28.8. The average Bonchev–Trinajstić information content (AvgIpc) is 1.33. The van der Waals surface area contributed by atoms with Crippen molar-refractivity contribution in [3.63, 3.8) is 0 Å². The molecule has 0 spiro atoms. The lowest BCUT2D eigenvalue weighted by molar-refractivity contribution is 0.739. The Labute approximate surface area is 630 Å². The Kier molecular flexibility index (Phi) is 14.4. The number of hydrogen-bond acceptors (Lipinski definition) is 3. The van der Waals surface area contributed by atoms with Gasteiger partial charge in [-0.05, 0) is 198 Å². The number of fused-ring (bicyclic) bond motifs is 11. The molecule has 3 heterocycles. The first-order chi connectivity index (χ1) is 54.1. The second-order valence-corrected chi connectivity index (χ2v) is 28.8. The summed E-state index contributed by atoms with van der Waals surface area (Å²) in [5.74, 6) is 1.84. The maximum atomic E-state index is 5.54. The van der Waals surface area contributed by atoms with E-state index in [0.717, 1.165) is 107 Å². The van der Waals surface area contributed by atoms with Gasteiger partial charge in [0.05, 0.1) is 34.2 Å². The van der Waals surface area contributed by atoms with E-state index in [-0.39, 0.29) is 12.1 Å². The molecule has 22 rings (SSSR count). The standard InChI is InChI=1S/C104H67N5/c1-7-29-68(30-8-1)93-94(69-31-9-2-10-32-69)96(71-35-13-4-14-36-71)102-83-46-28-44-81-98(83)97-80(43-27-45-82(97)101(102)95(93)70-33-11-3-12-34-70)99-85(66-53-57-73(58-54-66)103-105-86-47-21-25-51-90(86)108(103)75-37-15-5-16-38-75)65-84(67-61-63-77(64-62-67)107-88-49-23-19-41-78(88)79-42-20-24-50-89(79)107)92(100(81)99)72-55-59-74(60-56-72)104-106-87-48-22-26-52-91(87)109(104)76-39-17-6-18-40-76/h1-65,87,91H. The molecule has 18 aromatic carbocycles. The van der Waals surface area contributed by atoms with Gasteiger partial charge in [0.25, 0.3) is 0 Å². The Balaban J connectivity index is 0.889. The Morgan fingerprint density at radius 3 is 1.17 bits per heavy atom. The van der Waals surface area contributed by atoms with Gasteiger partial charge in [0.1, 0.15) is 11.7 Å². The Bertz CT molecular complexity index is 7030. The number of rotatable bonds is 12. The molecule has 0 amide bonds. The molecule has 0 bridgehead atoms. The zero-order chi connectivity index (χ0) is 71.6. The summed E-state index contributed by atoms with van der Waals surface area (Å²) in [5.41, 5.74) is 25.9. The summed E-state index contributed by atoms with van der Waals surface area (Å²) >= 11 is 0. The molecule has 5 heteroatoms. The lowest BCUT2D eigenvalue weighted by Crippen LogP contribution is -2.39. The van der Waals surface area contributed by atoms with E-state index < -0.39 is 0 Å². The van der Waals surface area contributed by atoms with Crippen molar-refractivity contribution < 1.29 is 0 Å². The molecule has 2 aliphatic rings. The molecular formula is C104H67N5. The fourth-order valence-electron chi connectivity index (χ4n) is 18.3. The number of benzene rings is 18. The van der Waals surface area contributed by atoms with Crippen molar-refractivity contribution >= 4 is 98.2 Å². The number of para-hydroxylation sites is 6. The fourth-order valence-corrected chi connectivity index (χ4v) is 18.3. The average molecular weight is 1390 g/mol. The minimum atomic E-state index is -0.0184. The third-order valence-electron chi connectivity index (χ3n) is 22.9. The number of nitrogens with zero attached hydrogens (tertiary/aromatic N) is 5. The SMILES string of the molecule is C1=CC2N=C(c3ccc(-c4c(-c5ccc(-n6c7ccccc7c7ccccc76)cc5)cc(-c5ccc(-c6nc7ccccc7n6-c6ccccc6)cc5)c5c6cccc7c8c(-c9ccccc9)c(-c9ccccc9)c(-c9ccccc9)c(-c9ccccc9)c8c8cccc(c45)c8c67)cc3)N(c3ccccc3)C2C=C1. The van der Waals surface area contributed by atoms with Gasteiger partial charge >= 0.3 is 0 Å². The highest BCUT2D eigenvalue weighted by molar-refractivity contribution is 6.46. The Morgan fingerprint density at radius 2 is 0.624 bits per heavy atom. The first-order valence-corrected chi connectivity index (χ1v) is 37.7. The van der Waals surface area contributed by atoms with Gasteiger partial charge < -0.3 is 9.47 Å². The van der Waals surface area contributed by atoms with Crippen LogP contribution in [0.4, 0.5) is 5.69 Å². The molecule has 1 aliphatic heterocycles. The third kappa shape index (κ3) is 9.80. The van der Waals surface area contributed by atoms with Gasteiger partial charge in [-0.1, -0.05) is 328 Å². The first-order valence-electron chi connectivity index (χ1n) is 37.7. The van der Waals surface area contributed by atoms with E-state index in [1.54, 1.807) is 0 Å². The van der Waals surface area contributed by atoms with E-state index in [2.05, 4.69) is 408 Å². The Hall–Kier alpha value is -14.3. The molecule has 5 nitrogen and oxygen atoms in total. The van der Waals surface area contributed by atoms with Gasteiger partial charge in [-0.15, -0.1) is 0 Å². The van der Waals surface area contributed by atoms with Crippen molar-refractivity contribution in [1.82, 2.24) is 14.1 Å². The van der Waals surface area contributed by atoms with E-state index in [9.17, 15) is 0 Å². The highest BCUT2D eigenvalue weighted by Gasteiger charge is 2.37. The zero-order valence-corrected chi connectivity index (χ0v) is 59.4. The molecule has 20 aromatic rings. The molecule has 0 radical (unpaired) electrons. The van der Waals surface area contributed by atoms with Crippen LogP contribution in [0, 0.1) is 0 Å². The van der Waals surface area contributed by atoms with Crippen LogP contribution in [0.3, 0.4) is 0 Å². The summed E-state index contributed by atoms with van der Waals surface area (Å²) in [5, 5.41) is 14.5. The van der Waals surface area contributed by atoms with Crippen LogP contribution in [0.5, 0.6) is 0 Å². The normalized spacial score (nSPS) is 14.2. The molecular weight excluding hydrogens is 1320 g/mol. The number of anilines is 1. The highest BCUT2D eigenvalue weighted by atomic mass is 15.3. The number of allylic oxidation sites excluding steroid dienone is 2. The van der Waals surface area contributed by atoms with Crippen LogP contribution in [0.1, 0.15) is 5.56 Å². The third-order valence-corrected chi connectivity index (χ3v) is 22.9. The summed E-state index contributed by atoms with van der Waals surface area (Å²) in [7, 11) is 0. The van der Waals surface area contributed by atoms with Crippen molar-refractivity contribution in [2.45, 2.75) is 12.1 Å². The summed E-state index contributed by atoms with van der Waals surface area (Å²) in [6.07, 6.45) is 8.83. The summed E-state index contributed by atoms with van der Waals surface area (Å²) in [4.78, 5) is 13.4. The molecule has 2 unspecified atom stereocenters. The topological polar surface area (TPSA) is 38.4 Å². The van der Waals surface area contributed by atoms with Crippen LogP contribution in [-0.2, 0) is 0 Å². The summed E-state index contributed by atoms with van der Waals surface area (Å²) in [6, 6.07) is 137. The van der Waals surface area contributed by atoms with Gasteiger partial charge in [0.2, 0.25) is 0 Å². The molecule has 0 saturated heterocycles. The molecule has 1 aliphatic carbocycles. The number of aliphatic imine (C=N–C) groups is 1. The molecule has 109 heavy (non-hydrogen) atoms. The maximum Gasteiger partial charge on any atom is 0.145 e. The lowest BCUT2D eigenvalue weighted by Gasteiger charge is -2.29. The van der Waals surface area contributed by atoms with Crippen molar-refractivity contribution in [1.29, 1.82) is 0 Å². The number of aromatic nitrogens is 3. The van der Waals surface area contributed by atoms with Crippen LogP contribution in [-0.4, -0.2) is 32.0 Å². The van der Waals surface area contributed by atoms with Gasteiger partial charge in [0, 0.05) is 39.0 Å². The molecule has 0 N–H and O–H groups in total. The molecule has 2 aromatic heterocycles. The van der Waals surface area contributed by atoms with E-state index in [0.29, 0.717) is 0 Å². The van der Waals surface area contributed by atoms with E-state index >= 15 is 0 Å². The van der Waals surface area contributed by atoms with Crippen LogP contribution >= 0.6 is 0 Å². The van der Waals surface area contributed by atoms with Crippen LogP contribution in [0.2, 0.25) is 0 Å². The van der Waals surface area contributed by atoms with Gasteiger partial charge in [-0.25, -0.2) is 4.98 Å². The highest BCUT2D eigenvalue weighted by Crippen LogP contribution is 2.59. The number of hydrogen-bond donors (Lipinski definition) is 0. The van der Waals surface area contributed by atoms with Crippen molar-refractivity contribution in [2.24, 2.45) is 4.99 Å². The summed E-state index contributed by atoms with van der Waals surface area (Å²) < 4.78 is 4.72. The smallest absolute Gasteiger partial charge is 0.145 e. The van der Waals surface area contributed by atoms with Crippen molar-refractivity contribution in [3.05, 3.63) is 400 Å². The Morgan fingerprint density at radius 1 is 0.239 bits per heavy atom. The quantitative estimate of drug-likeness (QED) is 0.0903. The first kappa shape index (κ1) is 62.1. The van der Waals surface area contributed by atoms with Gasteiger partial charge in [-0.2, -0.15) is 0 Å². The van der Waals surface area contributed by atoms with Crippen LogP contribution < -0.4 is 4.90 Å². The number of amidine groups is 1. The van der Waals surface area contributed by atoms with Gasteiger partial charge in [0.15, 0.2) is 0 Å². The second kappa shape index (κ2) is 25.2. The maximum absolute atomic E-state index is 5.54. The predicted octanol–water partition coefficient (Wildman–Crippen LogP) is 26.8. The minimum Gasteiger partial charge on any atom is -0.317 e. The van der Waals surface area contributed by atoms with Crippen molar-refractivity contribution in [3.8, 4) is 101 Å². The number of imidazole rings is 1. The summed E-state index contributed by atoms with van der Waals surface area (Å²) in [6.45, 7) is 0. The van der Waals surface area contributed by atoms with E-state index in [1.165, 1.54) is 97.9 Å². The molecule has 508 valence electrons. The van der Waals surface area contributed by atoms with Crippen LogP contribution in [0.15, 0.2) is 399 Å². The van der Waals surface area contributed by atoms with Gasteiger partial charge in [-0.3, -0.25) is 9.56 Å². The van der Waals surface area contributed by atoms with Crippen LogP contribution in [0.25, 0.3) is 187 Å².